The quantitative estimate of drug-likeness (QED) is 0.183. The van der Waals surface area contributed by atoms with Gasteiger partial charge >= 0.3 is 6.09 Å². The summed E-state index contributed by atoms with van der Waals surface area (Å²) >= 11 is 11.8. The number of benzene rings is 2. The molecule has 2 unspecified atom stereocenters. The molecule has 4 N–H and O–H groups in total. The van der Waals surface area contributed by atoms with Crippen molar-refractivity contribution < 1.29 is 46.2 Å². The molecule has 3 amide bonds. The van der Waals surface area contributed by atoms with Crippen LogP contribution in [0.1, 0.15) is 33.3 Å². The fourth-order valence-electron chi connectivity index (χ4n) is 4.14. The van der Waals surface area contributed by atoms with Crippen LogP contribution >= 0.6 is 23.2 Å². The van der Waals surface area contributed by atoms with Gasteiger partial charge in [-0.25, -0.2) is 26.7 Å². The Kier molecular flexibility index (Phi) is 14.9. The fraction of sp³-hybridized carbons (Fsp3) is 0.464. The molecule has 17 heteroatoms. The van der Waals surface area contributed by atoms with Crippen LogP contribution in [0, 0.1) is 11.6 Å². The van der Waals surface area contributed by atoms with Crippen LogP contribution < -0.4 is 15.4 Å². The molecule has 2 aromatic carbocycles. The van der Waals surface area contributed by atoms with E-state index in [1.54, 1.807) is 27.7 Å². The van der Waals surface area contributed by atoms with Gasteiger partial charge in [0.2, 0.25) is 21.8 Å². The smallest absolute Gasteiger partial charge is 0.405 e. The van der Waals surface area contributed by atoms with Crippen molar-refractivity contribution in [2.75, 3.05) is 26.3 Å². The molecule has 250 valence electrons. The zero-order valence-electron chi connectivity index (χ0n) is 25.0. The predicted octanol–water partition coefficient (Wildman–Crippen LogP) is 3.55. The molecule has 0 aliphatic heterocycles. The molecule has 0 radical (unpaired) electrons. The summed E-state index contributed by atoms with van der Waals surface area (Å²) in [6, 6.07) is 2.54. The first-order valence-corrected chi connectivity index (χ1v) is 16.1. The minimum atomic E-state index is -4.37. The first-order chi connectivity index (χ1) is 21.1. The lowest BCUT2D eigenvalue weighted by Crippen LogP contribution is -2.59. The summed E-state index contributed by atoms with van der Waals surface area (Å²) < 4.78 is 67.3. The number of rotatable bonds is 17. The van der Waals surface area contributed by atoms with E-state index in [-0.39, 0.29) is 40.3 Å². The molecule has 2 atom stereocenters. The highest BCUT2D eigenvalue weighted by molar-refractivity contribution is 7.89. The van der Waals surface area contributed by atoms with Gasteiger partial charge in [-0.15, -0.1) is 0 Å². The number of nitrogens with one attached hydrogen (secondary N) is 3. The Bertz CT molecular complexity index is 1450. The Labute approximate surface area is 270 Å². The van der Waals surface area contributed by atoms with E-state index in [0.717, 1.165) is 18.2 Å². The van der Waals surface area contributed by atoms with Crippen LogP contribution in [-0.4, -0.2) is 87.1 Å². The normalized spacial score (nSPS) is 13.0. The van der Waals surface area contributed by atoms with Crippen LogP contribution in [-0.2, 0) is 35.5 Å². The minimum absolute atomic E-state index is 0.0745. The molecule has 0 aromatic heterocycles. The van der Waals surface area contributed by atoms with Gasteiger partial charge in [-0.1, -0.05) is 29.3 Å². The second-order valence-electron chi connectivity index (χ2n) is 9.85. The Morgan fingerprint density at radius 2 is 1.62 bits per heavy atom. The van der Waals surface area contributed by atoms with E-state index in [1.165, 1.54) is 17.0 Å². The third-order valence-corrected chi connectivity index (χ3v) is 8.43. The number of halogens is 4. The van der Waals surface area contributed by atoms with E-state index in [4.69, 9.17) is 32.7 Å². The van der Waals surface area contributed by atoms with Gasteiger partial charge in [-0.2, -0.15) is 0 Å². The average Bonchev–Trinajstić information content (AvgIpc) is 2.94. The number of carbonyl (C=O) groups is 3. The molecule has 0 heterocycles. The standard InChI is InChI=1S/C28H36Cl2F2N4O8S/c1-5-43-25(44-6-2)15-36(16(3)4)27(38)22(11-17-7-9-19(31)13-21(17)32)34-26(37)23(35-28(39)40)14-33-45(41,42)24-10-8-18(29)12-20(24)30/h7-10,12-13,16,22-23,25,33,35H,5-6,11,14-15H2,1-4H3,(H,34,37)(H,39,40). The monoisotopic (exact) mass is 696 g/mol. The van der Waals surface area contributed by atoms with Crippen LogP contribution in [0.3, 0.4) is 0 Å². The highest BCUT2D eigenvalue weighted by Crippen LogP contribution is 2.24. The second kappa shape index (κ2) is 17.6. The molecule has 12 nitrogen and oxygen atoms in total. The molecule has 0 aliphatic rings. The largest absolute Gasteiger partial charge is 0.465 e. The van der Waals surface area contributed by atoms with Crippen molar-refractivity contribution in [3.8, 4) is 0 Å². The molecule has 0 aliphatic carbocycles. The number of amides is 3. The summed E-state index contributed by atoms with van der Waals surface area (Å²) in [7, 11) is -4.37. The number of ether oxygens (including phenoxy) is 2. The summed E-state index contributed by atoms with van der Waals surface area (Å²) in [4.78, 5) is 39.8. The van der Waals surface area contributed by atoms with E-state index in [2.05, 4.69) is 10.0 Å². The third kappa shape index (κ3) is 11.7. The maximum Gasteiger partial charge on any atom is 0.405 e. The van der Waals surface area contributed by atoms with E-state index in [1.807, 2.05) is 5.32 Å². The van der Waals surface area contributed by atoms with Crippen molar-refractivity contribution in [3.63, 3.8) is 0 Å². The predicted molar refractivity (Wildman–Crippen MR) is 162 cm³/mol. The number of carboxylic acid groups (broad SMARTS) is 1. The van der Waals surface area contributed by atoms with E-state index < -0.39 is 76.9 Å². The molecule has 0 saturated heterocycles. The van der Waals surface area contributed by atoms with Crippen LogP contribution in [0.2, 0.25) is 10.0 Å². The van der Waals surface area contributed by atoms with Crippen molar-refractivity contribution in [1.82, 2.24) is 20.3 Å². The zero-order valence-corrected chi connectivity index (χ0v) is 27.3. The Balaban J connectivity index is 2.41. The number of carbonyl (C=O) groups excluding carboxylic acids is 2. The van der Waals surface area contributed by atoms with Gasteiger partial charge in [0.15, 0.2) is 6.29 Å². The summed E-state index contributed by atoms with van der Waals surface area (Å²) in [6.07, 6.45) is -2.97. The number of sulfonamides is 1. The van der Waals surface area contributed by atoms with Crippen LogP contribution in [0.15, 0.2) is 41.3 Å². The molecular weight excluding hydrogens is 661 g/mol. The zero-order chi connectivity index (χ0) is 33.9. The van der Waals surface area contributed by atoms with Gasteiger partial charge in [-0.3, -0.25) is 9.59 Å². The minimum Gasteiger partial charge on any atom is -0.465 e. The molecule has 2 aromatic rings. The molecule has 0 spiro atoms. The Morgan fingerprint density at radius 1 is 0.978 bits per heavy atom. The summed E-state index contributed by atoms with van der Waals surface area (Å²) in [5.74, 6) is -3.67. The maximum atomic E-state index is 14.7. The van der Waals surface area contributed by atoms with Crippen LogP contribution in [0.25, 0.3) is 0 Å². The van der Waals surface area contributed by atoms with Gasteiger partial charge in [0.1, 0.15) is 28.6 Å². The summed E-state index contributed by atoms with van der Waals surface area (Å²) in [5, 5.41) is 13.6. The van der Waals surface area contributed by atoms with Crippen LogP contribution in [0.4, 0.5) is 13.6 Å². The third-order valence-electron chi connectivity index (χ3n) is 6.29. The van der Waals surface area contributed by atoms with Crippen molar-refractivity contribution in [2.45, 2.75) is 63.4 Å². The summed E-state index contributed by atoms with van der Waals surface area (Å²) in [5.41, 5.74) is -0.120. The average molecular weight is 698 g/mol. The van der Waals surface area contributed by atoms with Crippen molar-refractivity contribution in [1.29, 1.82) is 0 Å². The fourth-order valence-corrected chi connectivity index (χ4v) is 5.96. The molecule has 45 heavy (non-hydrogen) atoms. The van der Waals surface area contributed by atoms with Gasteiger partial charge in [-0.05, 0) is 57.5 Å². The highest BCUT2D eigenvalue weighted by atomic mass is 35.5. The molecular formula is C28H36Cl2F2N4O8S. The number of nitrogens with zero attached hydrogens (tertiary/aromatic N) is 1. The van der Waals surface area contributed by atoms with E-state index in [0.29, 0.717) is 6.07 Å². The molecule has 0 bridgehead atoms. The van der Waals surface area contributed by atoms with Crippen molar-refractivity contribution in [3.05, 3.63) is 63.6 Å². The van der Waals surface area contributed by atoms with Gasteiger partial charge < -0.3 is 30.1 Å². The molecule has 0 saturated carbocycles. The topological polar surface area (TPSA) is 163 Å². The number of hydrogen-bond acceptors (Lipinski definition) is 7. The van der Waals surface area contributed by atoms with Gasteiger partial charge in [0.05, 0.1) is 11.6 Å². The number of hydrogen-bond donors (Lipinski definition) is 4. The maximum absolute atomic E-state index is 14.7. The van der Waals surface area contributed by atoms with E-state index in [9.17, 15) is 36.7 Å². The van der Waals surface area contributed by atoms with Crippen LogP contribution in [0.5, 0.6) is 0 Å². The van der Waals surface area contributed by atoms with Crippen molar-refractivity contribution >= 4 is 51.1 Å². The van der Waals surface area contributed by atoms with Gasteiger partial charge in [0.25, 0.3) is 0 Å². The molecule has 2 rings (SSSR count). The van der Waals surface area contributed by atoms with E-state index >= 15 is 0 Å². The Hall–Kier alpha value is -3.08. The SMILES string of the molecule is CCOC(CN(C(=O)C(Cc1ccc(F)cc1F)NC(=O)C(CNS(=O)(=O)c1ccc(Cl)cc1Cl)NC(=O)O)C(C)C)OCC. The van der Waals surface area contributed by atoms with Crippen molar-refractivity contribution in [2.24, 2.45) is 0 Å². The first-order valence-electron chi connectivity index (χ1n) is 13.8. The lowest BCUT2D eigenvalue weighted by Gasteiger charge is -2.34. The first kappa shape index (κ1) is 38.1. The summed E-state index contributed by atoms with van der Waals surface area (Å²) in [6.45, 7) is 6.52. The highest BCUT2D eigenvalue weighted by Gasteiger charge is 2.33. The molecule has 0 fully saturated rings. The Morgan fingerprint density at radius 3 is 2.16 bits per heavy atom. The van der Waals surface area contributed by atoms with Gasteiger partial charge in [0, 0.05) is 43.3 Å². The lowest BCUT2D eigenvalue weighted by atomic mass is 10.0. The lowest BCUT2D eigenvalue weighted by molar-refractivity contribution is -0.163. The second-order valence-corrected chi connectivity index (χ2v) is 12.4.